The Bertz CT molecular complexity index is 857. The molecule has 0 saturated carbocycles. The van der Waals surface area contributed by atoms with E-state index in [4.69, 9.17) is 15.6 Å². The van der Waals surface area contributed by atoms with Crippen molar-refractivity contribution in [3.05, 3.63) is 0 Å². The summed E-state index contributed by atoms with van der Waals surface area (Å²) in [6, 6.07) is 0.439. The Morgan fingerprint density at radius 1 is 0.648 bits per heavy atom. The van der Waals surface area contributed by atoms with E-state index in [-0.39, 0.29) is 54.4 Å². The summed E-state index contributed by atoms with van der Waals surface area (Å²) < 4.78 is 0. The molecule has 4 aliphatic heterocycles. The quantitative estimate of drug-likeness (QED) is 0.206. The van der Waals surface area contributed by atoms with Gasteiger partial charge >= 0.3 is 0 Å². The summed E-state index contributed by atoms with van der Waals surface area (Å²) in [5.74, 6) is 2.02. The first-order valence-corrected chi connectivity index (χ1v) is 18.4. The SMILES string of the molecule is C.C.CC(=O)CC1CCCN(C)C1.CC(=O)CC1CCCNC1.CC(=O)O.CN1CCCC(N)C1.C[B]C.C[B]N1CCCC(CC(C)=O)C1.P.P.P.P. The normalized spacial score (nSPS) is 21.6. The summed E-state index contributed by atoms with van der Waals surface area (Å²) in [6.45, 7) is 21.3. The number of carbonyl (C=O) groups is 4. The molecule has 4 N–H and O–H groups in total. The smallest absolute Gasteiger partial charge is 0.300 e. The molecular weight excluding hydrogens is 752 g/mol. The fourth-order valence-corrected chi connectivity index (χ4v) is 6.46. The molecular formula is C38H93B2N5O5P4. The van der Waals surface area contributed by atoms with Gasteiger partial charge in [-0.05, 0) is 143 Å². The third-order valence-electron chi connectivity index (χ3n) is 8.43. The molecule has 0 aromatic heterocycles. The third-order valence-corrected chi connectivity index (χ3v) is 8.43. The van der Waals surface area contributed by atoms with Crippen molar-refractivity contribution in [1.29, 1.82) is 0 Å². The van der Waals surface area contributed by atoms with Crippen molar-refractivity contribution in [2.45, 2.75) is 140 Å². The number of nitrogens with one attached hydrogen (secondary N) is 1. The lowest BCUT2D eigenvalue weighted by atomic mass is 9.86. The van der Waals surface area contributed by atoms with Gasteiger partial charge in [-0.25, -0.2) is 0 Å². The molecule has 0 aliphatic carbocycles. The number of hydrogen-bond acceptors (Lipinski definition) is 9. The Morgan fingerprint density at radius 3 is 1.35 bits per heavy atom. The van der Waals surface area contributed by atoms with Crippen LogP contribution in [0.1, 0.15) is 113 Å². The molecule has 4 heterocycles. The van der Waals surface area contributed by atoms with E-state index in [0.717, 1.165) is 58.9 Å². The Morgan fingerprint density at radius 2 is 1.02 bits per heavy atom. The summed E-state index contributed by atoms with van der Waals surface area (Å²) in [5.41, 5.74) is 5.68. The highest BCUT2D eigenvalue weighted by Crippen LogP contribution is 2.19. The van der Waals surface area contributed by atoms with Crippen LogP contribution >= 0.6 is 39.6 Å². The zero-order valence-electron chi connectivity index (χ0n) is 35.2. The molecule has 0 bridgehead atoms. The van der Waals surface area contributed by atoms with Crippen molar-refractivity contribution < 1.29 is 24.3 Å². The van der Waals surface area contributed by atoms with Crippen molar-refractivity contribution in [3.8, 4) is 0 Å². The van der Waals surface area contributed by atoms with Gasteiger partial charge in [-0.3, -0.25) is 4.79 Å². The molecule has 2 radical (unpaired) electrons. The number of carboxylic acids is 1. The van der Waals surface area contributed by atoms with Gasteiger partial charge in [-0.2, -0.15) is 39.6 Å². The van der Waals surface area contributed by atoms with Crippen molar-refractivity contribution in [2.24, 2.45) is 23.5 Å². The number of ketones is 3. The minimum absolute atomic E-state index is 0. The van der Waals surface area contributed by atoms with Gasteiger partial charge in [0.1, 0.15) is 24.6 Å². The second kappa shape index (κ2) is 47.5. The van der Waals surface area contributed by atoms with E-state index >= 15 is 0 Å². The van der Waals surface area contributed by atoms with E-state index in [0.29, 0.717) is 41.1 Å². The lowest BCUT2D eigenvalue weighted by molar-refractivity contribution is -0.134. The Balaban J connectivity index is -0.0000000799. The van der Waals surface area contributed by atoms with E-state index in [9.17, 15) is 14.4 Å². The third kappa shape index (κ3) is 50.1. The number of likely N-dealkylation sites (tertiary alicyclic amines) is 2. The number of piperidine rings is 4. The summed E-state index contributed by atoms with van der Waals surface area (Å²) >= 11 is 0. The van der Waals surface area contributed by atoms with Gasteiger partial charge in [0.15, 0.2) is 0 Å². The summed E-state index contributed by atoms with van der Waals surface area (Å²) in [5, 5.41) is 10.7. The maximum Gasteiger partial charge on any atom is 0.300 e. The average molecular weight is 846 g/mol. The van der Waals surface area contributed by atoms with Crippen LogP contribution in [0.2, 0.25) is 20.5 Å². The standard InChI is InChI=1S/C9H17BNO.C9H17NO.C8H15NO.C6H14N2.C2H6B.C2H4O2.2CH4.4H3P/c1-8(12)6-9-4-3-5-11(7-9)10-2;1-8(11)6-9-4-3-5-10(2)7-9;1-7(10)5-8-3-2-4-9-6-8;1-8-4-2-3-6(7)5-8;1-3-2;1-2(3)4;;;;;;/h9H,3-7H2,1-2H3;9H,3-7H2,1-2H3;8-9H,2-6H2,1H3;6H,2-5,7H2,1H3;1-2H3;1H3,(H,3,4);2*1H4;4*1H3. The predicted octanol–water partition coefficient (Wildman–Crippen LogP) is 6.04. The molecule has 4 saturated heterocycles. The largest absolute Gasteiger partial charge is 0.481 e. The molecule has 0 amide bonds. The topological polar surface area (TPSA) is 136 Å². The van der Waals surface area contributed by atoms with Crippen LogP contribution in [-0.2, 0) is 19.2 Å². The molecule has 4 rings (SSSR count). The van der Waals surface area contributed by atoms with Gasteiger partial charge in [-0.15, -0.1) is 0 Å². The Hall–Kier alpha value is 0.130. The first-order chi connectivity index (χ1) is 22.6. The lowest BCUT2D eigenvalue weighted by Crippen LogP contribution is -2.40. The second-order valence-electron chi connectivity index (χ2n) is 14.2. The van der Waals surface area contributed by atoms with Crippen molar-refractivity contribution >= 4 is 77.6 Å². The van der Waals surface area contributed by atoms with E-state index in [1.165, 1.54) is 71.0 Å². The van der Waals surface area contributed by atoms with E-state index in [1.54, 1.807) is 20.8 Å². The van der Waals surface area contributed by atoms with Gasteiger partial charge in [0.25, 0.3) is 5.97 Å². The zero-order chi connectivity index (χ0) is 36.9. The van der Waals surface area contributed by atoms with E-state index < -0.39 is 5.97 Å². The highest BCUT2D eigenvalue weighted by molar-refractivity contribution is 6.92. The molecule has 4 fully saturated rings. The van der Waals surface area contributed by atoms with Gasteiger partial charge in [0.05, 0.1) is 0 Å². The van der Waals surface area contributed by atoms with Crippen molar-refractivity contribution in [2.75, 3.05) is 66.5 Å². The fourth-order valence-electron chi connectivity index (χ4n) is 6.46. The van der Waals surface area contributed by atoms with Gasteiger partial charge in [0.2, 0.25) is 7.41 Å². The fraction of sp³-hybridized carbons (Fsp3) is 0.895. The van der Waals surface area contributed by atoms with Crippen LogP contribution in [0.3, 0.4) is 0 Å². The van der Waals surface area contributed by atoms with Crippen LogP contribution < -0.4 is 11.1 Å². The molecule has 8 unspecified atom stereocenters. The van der Waals surface area contributed by atoms with E-state index in [1.807, 2.05) is 20.9 Å². The monoisotopic (exact) mass is 846 g/mol. The molecule has 8 atom stereocenters. The number of rotatable bonds is 7. The minimum atomic E-state index is -0.833. The predicted molar refractivity (Wildman–Crippen MR) is 261 cm³/mol. The molecule has 4 aliphatic rings. The zero-order valence-corrected chi connectivity index (χ0v) is 40.9. The molecule has 0 aromatic carbocycles. The maximum absolute atomic E-state index is 10.9. The number of nitrogens with two attached hydrogens (primary N) is 1. The van der Waals surface area contributed by atoms with Gasteiger partial charge < -0.3 is 45.2 Å². The number of likely N-dealkylation sites (N-methyl/N-ethyl adjacent to an activating group) is 1. The number of aliphatic carboxylic acids is 1. The highest BCUT2D eigenvalue weighted by Gasteiger charge is 2.20. The first-order valence-electron chi connectivity index (χ1n) is 18.4. The van der Waals surface area contributed by atoms with Gasteiger partial charge in [-0.1, -0.05) is 35.3 Å². The van der Waals surface area contributed by atoms with Crippen LogP contribution in [0.5, 0.6) is 0 Å². The summed E-state index contributed by atoms with van der Waals surface area (Å²) in [6.07, 6.45) is 12.2. The molecule has 0 spiro atoms. The van der Waals surface area contributed by atoms with Gasteiger partial charge in [0, 0.05) is 45.3 Å². The number of Topliss-reactive ketones (excluding diaryl/α,β-unsaturated/α-hetero) is 3. The Labute approximate surface area is 350 Å². The average Bonchev–Trinajstić information content (AvgIpc) is 2.98. The number of nitrogens with zero attached hydrogens (tertiary/aromatic N) is 3. The minimum Gasteiger partial charge on any atom is -0.481 e. The van der Waals surface area contributed by atoms with Crippen molar-refractivity contribution in [1.82, 2.24) is 19.9 Å². The number of carboxylic acid groups (broad SMARTS) is 1. The maximum atomic E-state index is 10.9. The number of carbonyl (C=O) groups excluding carboxylic acids is 3. The van der Waals surface area contributed by atoms with Crippen LogP contribution in [0.15, 0.2) is 0 Å². The highest BCUT2D eigenvalue weighted by atomic mass is 31.0. The molecule has 326 valence electrons. The molecule has 10 nitrogen and oxygen atoms in total. The molecule has 16 heteroatoms. The van der Waals surface area contributed by atoms with E-state index in [2.05, 4.69) is 48.3 Å². The number of hydrogen-bond donors (Lipinski definition) is 3. The van der Waals surface area contributed by atoms with Crippen LogP contribution in [0, 0.1) is 17.8 Å². The van der Waals surface area contributed by atoms with Crippen LogP contribution in [0.25, 0.3) is 0 Å². The van der Waals surface area contributed by atoms with Crippen LogP contribution in [0.4, 0.5) is 0 Å². The first kappa shape index (κ1) is 71.8. The molecule has 0 aromatic rings. The molecule has 54 heavy (non-hydrogen) atoms. The second-order valence-corrected chi connectivity index (χ2v) is 14.2. The summed E-state index contributed by atoms with van der Waals surface area (Å²) in [7, 11) is 8.39. The lowest BCUT2D eigenvalue weighted by Gasteiger charge is -2.31. The van der Waals surface area contributed by atoms with Crippen LogP contribution in [-0.4, -0.2) is 130 Å². The summed E-state index contributed by atoms with van der Waals surface area (Å²) in [4.78, 5) is 48.3. The Kier molecular flexibility index (Phi) is 63.2. The van der Waals surface area contributed by atoms with Crippen molar-refractivity contribution in [3.63, 3.8) is 0 Å².